The Morgan fingerprint density at radius 3 is 2.39 bits per heavy atom. The third kappa shape index (κ3) is 5.68. The first-order valence-corrected chi connectivity index (χ1v) is 11.7. The van der Waals surface area contributed by atoms with E-state index in [2.05, 4.69) is 10.3 Å². The van der Waals surface area contributed by atoms with Gasteiger partial charge in [-0.3, -0.25) is 10.1 Å². The third-order valence-corrected chi connectivity index (χ3v) is 8.22. The molecule has 2 rings (SSSR count). The number of hydrogen-bond acceptors (Lipinski definition) is 6. The van der Waals surface area contributed by atoms with Crippen LogP contribution in [0.3, 0.4) is 0 Å². The second-order valence-corrected chi connectivity index (χ2v) is 10.4. The van der Waals surface area contributed by atoms with E-state index in [1.54, 1.807) is 13.1 Å². The topological polar surface area (TPSA) is 122 Å². The normalized spacial score (nSPS) is 16.9. The predicted octanol–water partition coefficient (Wildman–Crippen LogP) is 2.35. The van der Waals surface area contributed by atoms with E-state index < -0.39 is 27.2 Å². The quantitative estimate of drug-likeness (QED) is 0.643. The number of nitrogens with two attached hydrogens (primary N) is 1. The van der Waals surface area contributed by atoms with Crippen molar-refractivity contribution >= 4 is 33.7 Å². The number of thioether (sulfide) groups is 1. The number of sulfonamides is 1. The fourth-order valence-electron chi connectivity index (χ4n) is 3.21. The first-order chi connectivity index (χ1) is 13.1. The molecule has 0 radical (unpaired) electrons. The zero-order valence-electron chi connectivity index (χ0n) is 16.4. The fraction of sp³-hybridized carbons (Fsp3) is 0.611. The number of urea groups is 1. The van der Waals surface area contributed by atoms with E-state index in [0.717, 1.165) is 43.9 Å². The molecule has 0 aliphatic heterocycles. The second-order valence-electron chi connectivity index (χ2n) is 7.28. The van der Waals surface area contributed by atoms with E-state index in [0.29, 0.717) is 5.03 Å². The molecular formula is C18H28N4O4S2. The van der Waals surface area contributed by atoms with Gasteiger partial charge in [-0.1, -0.05) is 44.9 Å². The van der Waals surface area contributed by atoms with Crippen molar-refractivity contribution in [2.45, 2.75) is 67.2 Å². The third-order valence-electron chi connectivity index (χ3n) is 4.83. The molecule has 1 atom stereocenters. The van der Waals surface area contributed by atoms with Gasteiger partial charge in [-0.05, 0) is 30.9 Å². The van der Waals surface area contributed by atoms with Crippen molar-refractivity contribution in [2.24, 2.45) is 11.7 Å². The number of nitrogens with one attached hydrogen (secondary N) is 1. The minimum atomic E-state index is -3.61. The molecule has 0 spiro atoms. The lowest BCUT2D eigenvalue weighted by Crippen LogP contribution is -2.42. The molecule has 0 unspecified atom stereocenters. The van der Waals surface area contributed by atoms with E-state index in [1.807, 2.05) is 13.8 Å². The predicted molar refractivity (Wildman–Crippen MR) is 108 cm³/mol. The Morgan fingerprint density at radius 2 is 1.89 bits per heavy atom. The zero-order valence-corrected chi connectivity index (χ0v) is 18.1. The second kappa shape index (κ2) is 9.71. The number of carbonyl (C=O) groups excluding carboxylic acids is 2. The van der Waals surface area contributed by atoms with Gasteiger partial charge in [-0.2, -0.15) is 4.31 Å². The van der Waals surface area contributed by atoms with Crippen molar-refractivity contribution in [3.63, 3.8) is 0 Å². The van der Waals surface area contributed by atoms with Crippen LogP contribution in [-0.4, -0.2) is 48.0 Å². The van der Waals surface area contributed by atoms with E-state index in [4.69, 9.17) is 5.73 Å². The Morgan fingerprint density at radius 1 is 1.25 bits per heavy atom. The summed E-state index contributed by atoms with van der Waals surface area (Å²) in [5, 5.41) is 2.00. The summed E-state index contributed by atoms with van der Waals surface area (Å²) >= 11 is 1.16. The summed E-state index contributed by atoms with van der Waals surface area (Å²) in [5.74, 6) is -0.574. The van der Waals surface area contributed by atoms with Crippen LogP contribution in [0.25, 0.3) is 0 Å². The van der Waals surface area contributed by atoms with Crippen molar-refractivity contribution in [1.29, 1.82) is 0 Å². The number of nitrogens with zero attached hydrogens (tertiary/aromatic N) is 2. The summed E-state index contributed by atoms with van der Waals surface area (Å²) in [6, 6.07) is 2.21. The summed E-state index contributed by atoms with van der Waals surface area (Å²) < 4.78 is 27.2. The molecule has 10 heteroatoms. The van der Waals surface area contributed by atoms with E-state index in [-0.39, 0.29) is 16.9 Å². The molecule has 1 saturated carbocycles. The van der Waals surface area contributed by atoms with Crippen LogP contribution in [-0.2, 0) is 14.8 Å². The van der Waals surface area contributed by atoms with Gasteiger partial charge in [0.15, 0.2) is 0 Å². The molecule has 1 fully saturated rings. The average Bonchev–Trinajstić information content (AvgIpc) is 2.65. The van der Waals surface area contributed by atoms with Crippen LogP contribution in [0.15, 0.2) is 28.3 Å². The van der Waals surface area contributed by atoms with Gasteiger partial charge in [0.25, 0.3) is 0 Å². The first-order valence-electron chi connectivity index (χ1n) is 9.34. The monoisotopic (exact) mass is 428 g/mol. The highest BCUT2D eigenvalue weighted by molar-refractivity contribution is 8.00. The van der Waals surface area contributed by atoms with Crippen molar-refractivity contribution < 1.29 is 18.0 Å². The molecule has 1 aromatic rings. The maximum atomic E-state index is 12.9. The standard InChI is InChI=1S/C18H28N4O4S2/c1-12(2)16(17(23)21-18(19)24)27-15-10-9-14(11-20-15)28(25,26)22(3)13-7-5-4-6-8-13/h9-13,16H,4-8H2,1-3H3,(H3,19,21,23,24)/t16-/m0/s1. The van der Waals surface area contributed by atoms with Gasteiger partial charge in [0.2, 0.25) is 15.9 Å². The average molecular weight is 429 g/mol. The molecule has 1 aliphatic rings. The van der Waals surface area contributed by atoms with Crippen LogP contribution in [0.1, 0.15) is 46.0 Å². The Hall–Kier alpha value is -1.65. The zero-order chi connectivity index (χ0) is 20.9. The minimum absolute atomic E-state index is 0.0237. The molecule has 0 saturated heterocycles. The Bertz CT molecular complexity index is 790. The molecule has 156 valence electrons. The Labute approximate surface area is 170 Å². The van der Waals surface area contributed by atoms with Gasteiger partial charge in [-0.25, -0.2) is 18.2 Å². The maximum absolute atomic E-state index is 12.9. The molecular weight excluding hydrogens is 400 g/mol. The Balaban J connectivity index is 2.12. The van der Waals surface area contributed by atoms with Crippen LogP contribution in [0.5, 0.6) is 0 Å². The van der Waals surface area contributed by atoms with Crippen LogP contribution in [0.4, 0.5) is 4.79 Å². The summed E-state index contributed by atoms with van der Waals surface area (Å²) in [6.45, 7) is 3.69. The fourth-order valence-corrected chi connectivity index (χ4v) is 5.53. The minimum Gasteiger partial charge on any atom is -0.351 e. The highest BCUT2D eigenvalue weighted by atomic mass is 32.2. The summed E-state index contributed by atoms with van der Waals surface area (Å²) in [4.78, 5) is 27.4. The number of aromatic nitrogens is 1. The van der Waals surface area contributed by atoms with Crippen LogP contribution in [0, 0.1) is 5.92 Å². The van der Waals surface area contributed by atoms with Gasteiger partial charge in [0, 0.05) is 19.3 Å². The van der Waals surface area contributed by atoms with Gasteiger partial charge >= 0.3 is 6.03 Å². The molecule has 3 amide bonds. The molecule has 3 N–H and O–H groups in total. The molecule has 0 bridgehead atoms. The van der Waals surface area contributed by atoms with Gasteiger partial charge in [0.05, 0.1) is 10.3 Å². The summed E-state index contributed by atoms with van der Waals surface area (Å²) in [5.41, 5.74) is 5.02. The van der Waals surface area contributed by atoms with Crippen molar-refractivity contribution in [3.05, 3.63) is 18.3 Å². The van der Waals surface area contributed by atoms with E-state index >= 15 is 0 Å². The number of primary amides is 1. The number of imide groups is 1. The molecule has 1 heterocycles. The molecule has 1 aromatic heterocycles. The molecule has 28 heavy (non-hydrogen) atoms. The lowest BCUT2D eigenvalue weighted by atomic mass is 9.96. The van der Waals surface area contributed by atoms with Crippen molar-refractivity contribution in [2.75, 3.05) is 7.05 Å². The molecule has 1 aliphatic carbocycles. The SMILES string of the molecule is CC(C)[C@H](Sc1ccc(S(=O)(=O)N(C)C2CCCCC2)cn1)C(=O)NC(N)=O. The van der Waals surface area contributed by atoms with Crippen molar-refractivity contribution in [1.82, 2.24) is 14.6 Å². The van der Waals surface area contributed by atoms with Crippen LogP contribution >= 0.6 is 11.8 Å². The van der Waals surface area contributed by atoms with Gasteiger partial charge < -0.3 is 5.73 Å². The summed E-state index contributed by atoms with van der Waals surface area (Å²) in [7, 11) is -1.99. The van der Waals surface area contributed by atoms with E-state index in [9.17, 15) is 18.0 Å². The first kappa shape index (κ1) is 22.6. The number of rotatable bonds is 7. The van der Waals surface area contributed by atoms with Crippen molar-refractivity contribution in [3.8, 4) is 0 Å². The Kier molecular flexibility index (Phi) is 7.85. The number of hydrogen-bond donors (Lipinski definition) is 2. The highest BCUT2D eigenvalue weighted by Gasteiger charge is 2.30. The van der Waals surface area contributed by atoms with Crippen LogP contribution in [0.2, 0.25) is 0 Å². The lowest BCUT2D eigenvalue weighted by molar-refractivity contribution is -0.120. The van der Waals surface area contributed by atoms with Gasteiger partial charge in [-0.15, -0.1) is 0 Å². The lowest BCUT2D eigenvalue weighted by Gasteiger charge is -2.30. The van der Waals surface area contributed by atoms with Crippen LogP contribution < -0.4 is 11.1 Å². The largest absolute Gasteiger partial charge is 0.351 e. The van der Waals surface area contributed by atoms with E-state index in [1.165, 1.54) is 16.6 Å². The number of amides is 3. The number of pyridine rings is 1. The summed E-state index contributed by atoms with van der Waals surface area (Å²) in [6.07, 6.45) is 6.31. The molecule has 0 aromatic carbocycles. The maximum Gasteiger partial charge on any atom is 0.318 e. The number of carbonyl (C=O) groups is 2. The highest BCUT2D eigenvalue weighted by Crippen LogP contribution is 2.29. The smallest absolute Gasteiger partial charge is 0.318 e. The van der Waals surface area contributed by atoms with Gasteiger partial charge in [0.1, 0.15) is 4.90 Å². The molecule has 8 nitrogen and oxygen atoms in total.